The number of carbonyl (C=O) groups excluding carboxylic acids is 1. The Morgan fingerprint density at radius 1 is 1.25 bits per heavy atom. The lowest BCUT2D eigenvalue weighted by Crippen LogP contribution is -2.29. The van der Waals surface area contributed by atoms with Crippen molar-refractivity contribution < 1.29 is 4.79 Å². The van der Waals surface area contributed by atoms with Gasteiger partial charge >= 0.3 is 0 Å². The van der Waals surface area contributed by atoms with Gasteiger partial charge in [0.25, 0.3) is 0 Å². The van der Waals surface area contributed by atoms with Crippen LogP contribution in [-0.2, 0) is 17.8 Å². The van der Waals surface area contributed by atoms with Gasteiger partial charge in [0.15, 0.2) is 0 Å². The zero-order valence-corrected chi connectivity index (χ0v) is 12.2. The molecule has 1 aromatic rings. The first-order valence-corrected chi connectivity index (χ1v) is 7.00. The van der Waals surface area contributed by atoms with E-state index in [2.05, 4.69) is 24.8 Å². The zero-order valence-electron chi connectivity index (χ0n) is 12.2. The summed E-state index contributed by atoms with van der Waals surface area (Å²) in [5.74, 6) is 0.0640. The van der Waals surface area contributed by atoms with Gasteiger partial charge in [-0.2, -0.15) is 0 Å². The highest BCUT2D eigenvalue weighted by Crippen LogP contribution is 2.26. The van der Waals surface area contributed by atoms with Gasteiger partial charge in [0.2, 0.25) is 5.91 Å². The summed E-state index contributed by atoms with van der Waals surface area (Å²) in [5.41, 5.74) is 4.66. The van der Waals surface area contributed by atoms with Crippen molar-refractivity contribution in [1.29, 1.82) is 0 Å². The second-order valence-corrected chi connectivity index (χ2v) is 4.99. The molecule has 1 aliphatic rings. The topological polar surface area (TPSA) is 20.3 Å². The maximum atomic E-state index is 12.0. The molecule has 0 atom stereocenters. The fraction of sp³-hybridized carbons (Fsp3) is 0.278. The molecule has 1 amide bonds. The Hall–Kier alpha value is -2.09. The maximum absolute atomic E-state index is 12.0. The number of benzene rings is 1. The van der Waals surface area contributed by atoms with E-state index in [0.29, 0.717) is 6.54 Å². The van der Waals surface area contributed by atoms with Crippen molar-refractivity contribution in [2.24, 2.45) is 0 Å². The number of aryl methyl sites for hydroxylation is 1. The van der Waals surface area contributed by atoms with Crippen LogP contribution in [0.25, 0.3) is 0 Å². The van der Waals surface area contributed by atoms with Crippen LogP contribution in [0.1, 0.15) is 31.4 Å². The molecule has 0 radical (unpaired) electrons. The quantitative estimate of drug-likeness (QED) is 0.793. The molecule has 0 aliphatic carbocycles. The highest BCUT2D eigenvalue weighted by molar-refractivity contribution is 5.76. The summed E-state index contributed by atoms with van der Waals surface area (Å²) in [4.78, 5) is 13.9. The smallest absolute Gasteiger partial charge is 0.224 e. The normalized spacial score (nSPS) is 19.4. The lowest BCUT2D eigenvalue weighted by Gasteiger charge is -2.28. The van der Waals surface area contributed by atoms with Crippen molar-refractivity contribution >= 4 is 5.91 Å². The molecule has 2 heteroatoms. The summed E-state index contributed by atoms with van der Waals surface area (Å²) < 4.78 is 0. The molecule has 1 heterocycles. The molecule has 0 saturated carbocycles. The second kappa shape index (κ2) is 6.38. The summed E-state index contributed by atoms with van der Waals surface area (Å²) in [6.07, 6.45) is 7.75. The number of carbonyl (C=O) groups is 1. The van der Waals surface area contributed by atoms with E-state index in [9.17, 15) is 4.79 Å². The molecule has 0 unspecified atom stereocenters. The molecular weight excluding hydrogens is 246 g/mol. The van der Waals surface area contributed by atoms with Gasteiger partial charge in [0, 0.05) is 12.6 Å². The Morgan fingerprint density at radius 3 is 2.55 bits per heavy atom. The molecule has 0 spiro atoms. The van der Waals surface area contributed by atoms with Gasteiger partial charge in [0.1, 0.15) is 0 Å². The molecule has 1 aromatic carbocycles. The van der Waals surface area contributed by atoms with Crippen LogP contribution in [0.5, 0.6) is 0 Å². The SMILES string of the molecule is C=C/C1=C(\C=C/C)N(C(C)=O)Cc2ccccc2CC1. The second-order valence-electron chi connectivity index (χ2n) is 4.99. The fourth-order valence-corrected chi connectivity index (χ4v) is 2.62. The Kier molecular flexibility index (Phi) is 4.57. The third-order valence-corrected chi connectivity index (χ3v) is 3.68. The van der Waals surface area contributed by atoms with Crippen LogP contribution >= 0.6 is 0 Å². The number of amides is 1. The summed E-state index contributed by atoms with van der Waals surface area (Å²) in [6, 6.07) is 8.35. The van der Waals surface area contributed by atoms with Crippen molar-refractivity contribution in [3.05, 3.63) is 71.5 Å². The number of fused-ring (bicyclic) bond motifs is 1. The lowest BCUT2D eigenvalue weighted by molar-refractivity contribution is -0.127. The van der Waals surface area contributed by atoms with Gasteiger partial charge in [0.05, 0.1) is 6.54 Å². The molecule has 0 bridgehead atoms. The molecule has 0 aromatic heterocycles. The van der Waals surface area contributed by atoms with E-state index in [1.54, 1.807) is 6.92 Å². The molecule has 0 N–H and O–H groups in total. The van der Waals surface area contributed by atoms with Crippen molar-refractivity contribution in [2.75, 3.05) is 0 Å². The van der Waals surface area contributed by atoms with Crippen molar-refractivity contribution in [1.82, 2.24) is 4.90 Å². The highest BCUT2D eigenvalue weighted by atomic mass is 16.2. The Morgan fingerprint density at radius 2 is 1.95 bits per heavy atom. The van der Waals surface area contributed by atoms with Crippen LogP contribution in [0.2, 0.25) is 0 Å². The van der Waals surface area contributed by atoms with Crippen LogP contribution in [-0.4, -0.2) is 10.8 Å². The number of rotatable bonds is 2. The zero-order chi connectivity index (χ0) is 14.5. The molecular formula is C18H21NO. The number of nitrogens with zero attached hydrogens (tertiary/aromatic N) is 1. The predicted molar refractivity (Wildman–Crippen MR) is 83.0 cm³/mol. The van der Waals surface area contributed by atoms with Gasteiger partial charge in [-0.15, -0.1) is 0 Å². The number of hydrogen-bond donors (Lipinski definition) is 0. The summed E-state index contributed by atoms with van der Waals surface area (Å²) >= 11 is 0. The van der Waals surface area contributed by atoms with Crippen LogP contribution in [0.4, 0.5) is 0 Å². The van der Waals surface area contributed by atoms with Crippen LogP contribution in [0, 0.1) is 0 Å². The van der Waals surface area contributed by atoms with E-state index in [4.69, 9.17) is 0 Å². The molecule has 1 aliphatic heterocycles. The van der Waals surface area contributed by atoms with E-state index in [1.807, 2.05) is 36.1 Å². The number of hydrogen-bond acceptors (Lipinski definition) is 1. The fourth-order valence-electron chi connectivity index (χ4n) is 2.62. The van der Waals surface area contributed by atoms with Crippen molar-refractivity contribution in [3.8, 4) is 0 Å². The minimum atomic E-state index is 0.0640. The predicted octanol–water partition coefficient (Wildman–Crippen LogP) is 4.00. The standard InChI is InChI=1S/C18H21NO/c1-4-8-18-15(5-2)11-12-16-9-6-7-10-17(16)13-19(18)14(3)20/h4-10H,2,11-13H2,1,3H3/b8-4-,18-15-. The first kappa shape index (κ1) is 14.3. The molecule has 2 rings (SSSR count). The van der Waals surface area contributed by atoms with Gasteiger partial charge in [-0.25, -0.2) is 0 Å². The molecule has 0 saturated heterocycles. The minimum absolute atomic E-state index is 0.0640. The van der Waals surface area contributed by atoms with E-state index >= 15 is 0 Å². The molecule has 0 fully saturated rings. The summed E-state index contributed by atoms with van der Waals surface area (Å²) in [7, 11) is 0. The van der Waals surface area contributed by atoms with E-state index < -0.39 is 0 Å². The van der Waals surface area contributed by atoms with Gasteiger partial charge < -0.3 is 4.90 Å². The van der Waals surface area contributed by atoms with Crippen LogP contribution < -0.4 is 0 Å². The van der Waals surface area contributed by atoms with Gasteiger partial charge in [-0.05, 0) is 42.5 Å². The van der Waals surface area contributed by atoms with E-state index in [1.165, 1.54) is 11.1 Å². The van der Waals surface area contributed by atoms with Gasteiger partial charge in [-0.1, -0.05) is 43.0 Å². The minimum Gasteiger partial charge on any atom is -0.308 e. The highest BCUT2D eigenvalue weighted by Gasteiger charge is 2.19. The molecule has 104 valence electrons. The maximum Gasteiger partial charge on any atom is 0.224 e. The lowest BCUT2D eigenvalue weighted by atomic mass is 9.95. The Labute approximate surface area is 121 Å². The van der Waals surface area contributed by atoms with E-state index in [-0.39, 0.29) is 5.91 Å². The van der Waals surface area contributed by atoms with Crippen molar-refractivity contribution in [3.63, 3.8) is 0 Å². The third-order valence-electron chi connectivity index (χ3n) is 3.68. The monoisotopic (exact) mass is 267 g/mol. The molecule has 20 heavy (non-hydrogen) atoms. The summed E-state index contributed by atoms with van der Waals surface area (Å²) in [6.45, 7) is 8.13. The average molecular weight is 267 g/mol. The first-order chi connectivity index (χ1) is 9.67. The van der Waals surface area contributed by atoms with Crippen LogP contribution in [0.3, 0.4) is 0 Å². The largest absolute Gasteiger partial charge is 0.308 e. The van der Waals surface area contributed by atoms with Crippen molar-refractivity contribution in [2.45, 2.75) is 33.2 Å². The Bertz CT molecular complexity index is 581. The summed E-state index contributed by atoms with van der Waals surface area (Å²) in [5, 5.41) is 0. The third kappa shape index (κ3) is 2.90. The van der Waals surface area contributed by atoms with E-state index in [0.717, 1.165) is 24.1 Å². The molecule has 2 nitrogen and oxygen atoms in total. The number of allylic oxidation sites excluding steroid dienone is 4. The van der Waals surface area contributed by atoms with Crippen LogP contribution in [0.15, 0.2) is 60.3 Å². The average Bonchev–Trinajstić information content (AvgIpc) is 2.43. The Balaban J connectivity index is 2.53. The van der Waals surface area contributed by atoms with Gasteiger partial charge in [-0.3, -0.25) is 4.79 Å². The first-order valence-electron chi connectivity index (χ1n) is 7.00.